The molecule has 5 nitrogen and oxygen atoms in total. The van der Waals surface area contributed by atoms with Crippen molar-refractivity contribution in [2.45, 2.75) is 45.1 Å². The second-order valence-electron chi connectivity index (χ2n) is 9.08. The first-order valence-electron chi connectivity index (χ1n) is 11.5. The fourth-order valence-corrected chi connectivity index (χ4v) is 5.58. The molecular formula is C28H27ClO5. The number of halogens is 1. The minimum Gasteiger partial charge on any atom is -0.508 e. The topological polar surface area (TPSA) is 65.0 Å². The molecule has 2 atom stereocenters. The van der Waals surface area contributed by atoms with E-state index in [1.54, 1.807) is 12.1 Å². The molecule has 0 radical (unpaired) electrons. The van der Waals surface area contributed by atoms with E-state index in [-0.39, 0.29) is 23.7 Å². The summed E-state index contributed by atoms with van der Waals surface area (Å²) in [5.74, 6) is 1.53. The van der Waals surface area contributed by atoms with E-state index < -0.39 is 0 Å². The van der Waals surface area contributed by atoms with E-state index in [0.717, 1.165) is 57.7 Å². The van der Waals surface area contributed by atoms with Crippen molar-refractivity contribution in [2.24, 2.45) is 0 Å². The Bertz CT molecular complexity index is 1260. The van der Waals surface area contributed by atoms with Crippen LogP contribution in [-0.2, 0) is 16.0 Å². The van der Waals surface area contributed by atoms with E-state index >= 15 is 0 Å². The summed E-state index contributed by atoms with van der Waals surface area (Å²) in [7, 11) is 1.40. The quantitative estimate of drug-likeness (QED) is 0.428. The van der Waals surface area contributed by atoms with Gasteiger partial charge in [-0.25, -0.2) is 0 Å². The number of aryl methyl sites for hydroxylation is 2. The summed E-state index contributed by atoms with van der Waals surface area (Å²) in [5, 5.41) is 10.7. The number of phenols is 1. The maximum absolute atomic E-state index is 11.7. The highest BCUT2D eigenvalue weighted by Crippen LogP contribution is 2.46. The van der Waals surface area contributed by atoms with Crippen LogP contribution in [0.25, 0.3) is 11.1 Å². The van der Waals surface area contributed by atoms with Crippen LogP contribution in [0.5, 0.6) is 17.2 Å². The number of carbonyl (C=O) groups is 1. The highest BCUT2D eigenvalue weighted by molar-refractivity contribution is 6.33. The Morgan fingerprint density at radius 1 is 1.09 bits per heavy atom. The van der Waals surface area contributed by atoms with Gasteiger partial charge >= 0.3 is 5.97 Å². The third kappa shape index (κ3) is 3.98. The van der Waals surface area contributed by atoms with Gasteiger partial charge in [0.25, 0.3) is 0 Å². The standard InChI is InChI=1S/C28H27ClO5/c1-15-10-18(30)11-16(2)27(15)28-22-7-9-24(21(22)6-8-23(28)29)34-19-4-5-20-17(12-26(31)32-3)14-33-25(20)13-19/h4-6,8,10-11,13,17,24,30H,7,9,12,14H2,1-3H3/t17?,24-/m1/s1. The van der Waals surface area contributed by atoms with Gasteiger partial charge in [-0.15, -0.1) is 0 Å². The average Bonchev–Trinajstić information content (AvgIpc) is 3.38. The third-order valence-corrected chi connectivity index (χ3v) is 7.17. The van der Waals surface area contributed by atoms with Crippen molar-refractivity contribution in [3.8, 4) is 28.4 Å². The van der Waals surface area contributed by atoms with Gasteiger partial charge in [-0.2, -0.15) is 0 Å². The van der Waals surface area contributed by atoms with E-state index in [9.17, 15) is 9.90 Å². The van der Waals surface area contributed by atoms with E-state index in [1.165, 1.54) is 12.7 Å². The smallest absolute Gasteiger partial charge is 0.306 e. The Hall–Kier alpha value is -3.18. The Balaban J connectivity index is 1.43. The van der Waals surface area contributed by atoms with E-state index in [2.05, 4.69) is 6.07 Å². The third-order valence-electron chi connectivity index (χ3n) is 6.85. The van der Waals surface area contributed by atoms with Crippen molar-refractivity contribution < 1.29 is 24.1 Å². The molecule has 176 valence electrons. The predicted octanol–water partition coefficient (Wildman–Crippen LogP) is 6.43. The number of ether oxygens (including phenoxy) is 3. The highest BCUT2D eigenvalue weighted by Gasteiger charge is 2.31. The maximum atomic E-state index is 11.7. The van der Waals surface area contributed by atoms with Crippen LogP contribution < -0.4 is 9.47 Å². The van der Waals surface area contributed by atoms with E-state index in [4.69, 9.17) is 25.8 Å². The normalized spacial score (nSPS) is 18.2. The van der Waals surface area contributed by atoms with Crippen molar-refractivity contribution in [1.82, 2.24) is 0 Å². The molecule has 1 aliphatic heterocycles. The number of methoxy groups -OCH3 is 1. The minimum absolute atomic E-state index is 0.00481. The zero-order valence-corrected chi connectivity index (χ0v) is 20.2. The summed E-state index contributed by atoms with van der Waals surface area (Å²) >= 11 is 6.71. The van der Waals surface area contributed by atoms with Crippen LogP contribution in [-0.4, -0.2) is 24.8 Å². The number of fused-ring (bicyclic) bond motifs is 2. The Kier molecular flexibility index (Phi) is 5.90. The number of hydrogen-bond donors (Lipinski definition) is 1. The van der Waals surface area contributed by atoms with Gasteiger partial charge in [0.1, 0.15) is 23.4 Å². The molecular weight excluding hydrogens is 452 g/mol. The summed E-state index contributed by atoms with van der Waals surface area (Å²) in [4.78, 5) is 11.7. The number of esters is 1. The summed E-state index contributed by atoms with van der Waals surface area (Å²) < 4.78 is 17.1. The minimum atomic E-state index is -0.238. The molecule has 0 fully saturated rings. The van der Waals surface area contributed by atoms with Crippen LogP contribution in [0.15, 0.2) is 42.5 Å². The summed E-state index contributed by atoms with van der Waals surface area (Å²) in [6.07, 6.45) is 1.92. The number of rotatable bonds is 5. The highest BCUT2D eigenvalue weighted by atomic mass is 35.5. The first-order chi connectivity index (χ1) is 16.4. The second kappa shape index (κ2) is 8.88. The van der Waals surface area contributed by atoms with Crippen molar-refractivity contribution in [1.29, 1.82) is 0 Å². The fraction of sp³-hybridized carbons (Fsp3) is 0.321. The molecule has 0 saturated carbocycles. The van der Waals surface area contributed by atoms with Crippen LogP contribution in [0, 0.1) is 13.8 Å². The molecule has 34 heavy (non-hydrogen) atoms. The molecule has 2 aliphatic rings. The van der Waals surface area contributed by atoms with Crippen molar-refractivity contribution >= 4 is 17.6 Å². The fourth-order valence-electron chi connectivity index (χ4n) is 5.31. The van der Waals surface area contributed by atoms with Crippen molar-refractivity contribution in [3.63, 3.8) is 0 Å². The van der Waals surface area contributed by atoms with Gasteiger partial charge in [0, 0.05) is 28.1 Å². The molecule has 0 saturated heterocycles. The lowest BCUT2D eigenvalue weighted by Crippen LogP contribution is -2.09. The number of benzene rings is 3. The summed E-state index contributed by atoms with van der Waals surface area (Å²) in [6, 6.07) is 13.4. The van der Waals surface area contributed by atoms with Gasteiger partial charge in [-0.05, 0) is 78.8 Å². The number of hydrogen-bond acceptors (Lipinski definition) is 5. The van der Waals surface area contributed by atoms with E-state index in [0.29, 0.717) is 18.1 Å². The second-order valence-corrected chi connectivity index (χ2v) is 9.48. The maximum Gasteiger partial charge on any atom is 0.306 e. The molecule has 1 aliphatic carbocycles. The lowest BCUT2D eigenvalue weighted by atomic mass is 9.90. The molecule has 0 aromatic heterocycles. The van der Waals surface area contributed by atoms with Crippen LogP contribution >= 0.6 is 11.6 Å². The Labute approximate surface area is 204 Å². The Morgan fingerprint density at radius 2 is 1.82 bits per heavy atom. The lowest BCUT2D eigenvalue weighted by Gasteiger charge is -2.19. The molecule has 1 N–H and O–H groups in total. The average molecular weight is 479 g/mol. The van der Waals surface area contributed by atoms with Gasteiger partial charge in [-0.1, -0.05) is 23.7 Å². The van der Waals surface area contributed by atoms with Gasteiger partial charge in [0.15, 0.2) is 0 Å². The zero-order chi connectivity index (χ0) is 24.0. The van der Waals surface area contributed by atoms with Gasteiger partial charge in [-0.3, -0.25) is 4.79 Å². The molecule has 5 rings (SSSR count). The molecule has 0 spiro atoms. The SMILES string of the molecule is COC(=O)CC1COc2cc(O[C@@H]3CCc4c3ccc(Cl)c4-c3c(C)cc(O)cc3C)ccc21. The van der Waals surface area contributed by atoms with E-state index in [1.807, 2.05) is 38.1 Å². The molecule has 0 amide bonds. The van der Waals surface area contributed by atoms with Crippen LogP contribution in [0.4, 0.5) is 0 Å². The monoisotopic (exact) mass is 478 g/mol. The number of aromatic hydroxyl groups is 1. The van der Waals surface area contributed by atoms with Gasteiger partial charge < -0.3 is 19.3 Å². The molecule has 3 aromatic carbocycles. The molecule has 1 heterocycles. The molecule has 6 heteroatoms. The Morgan fingerprint density at radius 3 is 2.56 bits per heavy atom. The van der Waals surface area contributed by atoms with Crippen molar-refractivity contribution in [2.75, 3.05) is 13.7 Å². The number of phenolic OH excluding ortho intramolecular Hbond substituents is 1. The first-order valence-corrected chi connectivity index (χ1v) is 11.9. The van der Waals surface area contributed by atoms with Crippen molar-refractivity contribution in [3.05, 3.63) is 75.3 Å². The van der Waals surface area contributed by atoms with Crippen LogP contribution in [0.3, 0.4) is 0 Å². The summed E-state index contributed by atoms with van der Waals surface area (Å²) in [6.45, 7) is 4.46. The molecule has 3 aromatic rings. The lowest BCUT2D eigenvalue weighted by molar-refractivity contribution is -0.141. The first kappa shape index (κ1) is 22.6. The number of carbonyl (C=O) groups excluding carboxylic acids is 1. The molecule has 1 unspecified atom stereocenters. The van der Waals surface area contributed by atoms with Crippen LogP contribution in [0.1, 0.15) is 52.7 Å². The largest absolute Gasteiger partial charge is 0.508 e. The van der Waals surface area contributed by atoms with Crippen LogP contribution in [0.2, 0.25) is 5.02 Å². The zero-order valence-electron chi connectivity index (χ0n) is 19.5. The predicted molar refractivity (Wildman–Crippen MR) is 131 cm³/mol. The molecule has 0 bridgehead atoms. The van der Waals surface area contributed by atoms with Gasteiger partial charge in [0.05, 0.1) is 20.1 Å². The summed E-state index contributed by atoms with van der Waals surface area (Å²) in [5.41, 5.74) is 7.44. The van der Waals surface area contributed by atoms with Gasteiger partial charge in [0.2, 0.25) is 0 Å².